The molecule has 1 amide bonds. The van der Waals surface area contributed by atoms with Crippen LogP contribution < -0.4 is 5.32 Å². The van der Waals surface area contributed by atoms with Crippen LogP contribution in [0.5, 0.6) is 0 Å². The van der Waals surface area contributed by atoms with E-state index in [1.54, 1.807) is 0 Å². The number of carbonyl (C=O) groups is 1. The largest absolute Gasteiger partial charge is 0.472 e. The van der Waals surface area contributed by atoms with Crippen molar-refractivity contribution < 1.29 is 32.9 Å². The number of carbonyl (C=O) groups excluding carboxylic acids is 1. The standard InChI is InChI=1S/C68H129N2O6P/c1-6-8-10-12-14-16-18-20-22-24-26-28-29-30-31-32-33-34-35-36-37-38-39-40-41-42-44-46-48-50-52-54-56-58-60-62-68(72)69-66(65-76-77(73,74)75-64-63-70(3,4)5)67(71)61-59-57-55-53-51-49-47-45-43-27-25-23-21-19-17-15-13-11-9-7-2/h8,10,14,16,20,22,26,28,30-31,66-67,71H,6-7,9,11-13,15,17-19,21,23-25,27,29,32-65H2,1-5H3,(H-,69,72,73,74)/p+1/b10-8-,16-14-,22-20-,28-26-,31-30-. The van der Waals surface area contributed by atoms with Crippen molar-refractivity contribution in [2.75, 3.05) is 40.9 Å². The summed E-state index contributed by atoms with van der Waals surface area (Å²) in [5, 5.41) is 14.1. The summed E-state index contributed by atoms with van der Waals surface area (Å²) >= 11 is 0. The number of rotatable bonds is 61. The third-order valence-corrected chi connectivity index (χ3v) is 16.0. The molecule has 3 unspecified atom stereocenters. The second-order valence-corrected chi connectivity index (χ2v) is 25.3. The van der Waals surface area contributed by atoms with Crippen LogP contribution >= 0.6 is 7.82 Å². The molecule has 0 saturated heterocycles. The Bertz CT molecular complexity index is 1440. The molecule has 3 N–H and O–H groups in total. The predicted molar refractivity (Wildman–Crippen MR) is 337 cm³/mol. The Kier molecular flexibility index (Phi) is 57.5. The fraction of sp³-hybridized carbons (Fsp3) is 0.838. The number of hydrogen-bond acceptors (Lipinski definition) is 5. The Hall–Kier alpha value is -1.80. The van der Waals surface area contributed by atoms with Gasteiger partial charge in [0, 0.05) is 6.42 Å². The summed E-state index contributed by atoms with van der Waals surface area (Å²) in [4.78, 5) is 23.4. The first-order valence-electron chi connectivity index (χ1n) is 33.2. The Morgan fingerprint density at radius 3 is 1.14 bits per heavy atom. The van der Waals surface area contributed by atoms with E-state index >= 15 is 0 Å². The van der Waals surface area contributed by atoms with Gasteiger partial charge in [-0.3, -0.25) is 13.8 Å². The molecule has 0 rings (SSSR count). The van der Waals surface area contributed by atoms with Crippen molar-refractivity contribution in [3.63, 3.8) is 0 Å². The summed E-state index contributed by atoms with van der Waals surface area (Å²) in [6.07, 6.45) is 80.2. The normalized spacial score (nSPS) is 14.1. The van der Waals surface area contributed by atoms with E-state index in [-0.39, 0.29) is 19.1 Å². The van der Waals surface area contributed by atoms with Gasteiger partial charge in [0.25, 0.3) is 0 Å². The lowest BCUT2D eigenvalue weighted by molar-refractivity contribution is -0.870. The van der Waals surface area contributed by atoms with Gasteiger partial charge >= 0.3 is 7.82 Å². The van der Waals surface area contributed by atoms with E-state index in [0.717, 1.165) is 70.6 Å². The first-order chi connectivity index (χ1) is 37.5. The zero-order valence-corrected chi connectivity index (χ0v) is 52.6. The average molecular weight is 1100 g/mol. The molecule has 0 aliphatic heterocycles. The summed E-state index contributed by atoms with van der Waals surface area (Å²) in [7, 11) is 1.63. The van der Waals surface area contributed by atoms with Gasteiger partial charge in [0.15, 0.2) is 0 Å². The molecule has 452 valence electrons. The summed E-state index contributed by atoms with van der Waals surface area (Å²) in [6.45, 7) is 4.82. The number of aliphatic hydroxyl groups is 1. The van der Waals surface area contributed by atoms with Crippen LogP contribution in [0.15, 0.2) is 60.8 Å². The number of phosphoric acid groups is 1. The first-order valence-corrected chi connectivity index (χ1v) is 34.6. The van der Waals surface area contributed by atoms with Gasteiger partial charge in [-0.2, -0.15) is 0 Å². The van der Waals surface area contributed by atoms with Crippen LogP contribution in [-0.2, 0) is 18.4 Å². The minimum absolute atomic E-state index is 0.0755. The van der Waals surface area contributed by atoms with E-state index < -0.39 is 20.0 Å². The zero-order chi connectivity index (χ0) is 56.3. The number of likely N-dealkylation sites (N-methyl/N-ethyl adjacent to an activating group) is 1. The summed E-state index contributed by atoms with van der Waals surface area (Å²) in [5.41, 5.74) is 0. The molecule has 9 heteroatoms. The van der Waals surface area contributed by atoms with Crippen molar-refractivity contribution in [2.45, 2.75) is 328 Å². The molecule has 0 bridgehead atoms. The number of phosphoric ester groups is 1. The van der Waals surface area contributed by atoms with Crippen molar-refractivity contribution >= 4 is 13.7 Å². The number of allylic oxidation sites excluding steroid dienone is 10. The number of nitrogens with one attached hydrogen (secondary N) is 1. The van der Waals surface area contributed by atoms with Gasteiger partial charge in [-0.05, 0) is 57.8 Å². The lowest BCUT2D eigenvalue weighted by Crippen LogP contribution is -2.46. The van der Waals surface area contributed by atoms with Gasteiger partial charge in [0.1, 0.15) is 13.2 Å². The fourth-order valence-electron chi connectivity index (χ4n) is 9.90. The highest BCUT2D eigenvalue weighted by Crippen LogP contribution is 2.43. The molecule has 0 aromatic carbocycles. The van der Waals surface area contributed by atoms with Crippen LogP contribution in [0, 0.1) is 0 Å². The van der Waals surface area contributed by atoms with E-state index in [2.05, 4.69) is 79.9 Å². The van der Waals surface area contributed by atoms with Crippen LogP contribution in [0.3, 0.4) is 0 Å². The zero-order valence-electron chi connectivity index (χ0n) is 51.7. The predicted octanol–water partition coefficient (Wildman–Crippen LogP) is 20.8. The molecule has 0 aromatic heterocycles. The van der Waals surface area contributed by atoms with Crippen LogP contribution in [0.1, 0.15) is 316 Å². The average Bonchev–Trinajstić information content (AvgIpc) is 3.39. The quantitative estimate of drug-likeness (QED) is 0.0243. The summed E-state index contributed by atoms with van der Waals surface area (Å²) in [5.74, 6) is -0.140. The van der Waals surface area contributed by atoms with E-state index in [0.29, 0.717) is 23.9 Å². The fourth-order valence-corrected chi connectivity index (χ4v) is 10.6. The highest BCUT2D eigenvalue weighted by atomic mass is 31.2. The number of amides is 1. The second-order valence-electron chi connectivity index (χ2n) is 23.8. The van der Waals surface area contributed by atoms with Gasteiger partial charge in [-0.1, -0.05) is 312 Å². The van der Waals surface area contributed by atoms with Gasteiger partial charge < -0.3 is 19.8 Å². The van der Waals surface area contributed by atoms with Gasteiger partial charge in [-0.25, -0.2) is 4.57 Å². The van der Waals surface area contributed by atoms with Gasteiger partial charge in [0.05, 0.1) is 39.9 Å². The number of nitrogens with zero attached hydrogens (tertiary/aromatic N) is 1. The van der Waals surface area contributed by atoms with Crippen LogP contribution in [0.25, 0.3) is 0 Å². The number of hydrogen-bond donors (Lipinski definition) is 3. The molecule has 0 aromatic rings. The van der Waals surface area contributed by atoms with Crippen molar-refractivity contribution in [3.8, 4) is 0 Å². The first kappa shape index (κ1) is 75.2. The molecule has 0 fully saturated rings. The SMILES string of the molecule is CC/C=C\C/C=C\C/C=C\C/C=C\C/C=C\CCCCCCCCCCCCCCCCCCCCCC(=O)NC(COP(=O)(O)OCC[N+](C)(C)C)C(O)CCCCCCCCCCCCCCCCCCCCCC. The van der Waals surface area contributed by atoms with Gasteiger partial charge in [-0.15, -0.1) is 0 Å². The number of unbranched alkanes of at least 4 members (excludes halogenated alkanes) is 38. The third-order valence-electron chi connectivity index (χ3n) is 15.0. The smallest absolute Gasteiger partial charge is 0.391 e. The van der Waals surface area contributed by atoms with Crippen molar-refractivity contribution in [2.24, 2.45) is 0 Å². The van der Waals surface area contributed by atoms with Crippen molar-refractivity contribution in [1.29, 1.82) is 0 Å². The molecule has 0 radical (unpaired) electrons. The third kappa shape index (κ3) is 61.7. The molecule has 0 heterocycles. The molecule has 0 saturated carbocycles. The molecule has 8 nitrogen and oxygen atoms in total. The second kappa shape index (κ2) is 58.8. The van der Waals surface area contributed by atoms with Crippen molar-refractivity contribution in [1.82, 2.24) is 5.32 Å². The molecule has 0 aliphatic carbocycles. The van der Waals surface area contributed by atoms with E-state index in [9.17, 15) is 19.4 Å². The maximum atomic E-state index is 13.1. The summed E-state index contributed by atoms with van der Waals surface area (Å²) < 4.78 is 23.9. The van der Waals surface area contributed by atoms with Gasteiger partial charge in [0.2, 0.25) is 5.91 Å². The lowest BCUT2D eigenvalue weighted by Gasteiger charge is -2.26. The molecular formula is C68H130N2O6P+. The Morgan fingerprint density at radius 2 is 0.779 bits per heavy atom. The van der Waals surface area contributed by atoms with E-state index in [4.69, 9.17) is 9.05 Å². The van der Waals surface area contributed by atoms with E-state index in [1.807, 2.05) is 21.1 Å². The monoisotopic (exact) mass is 1100 g/mol. The highest BCUT2D eigenvalue weighted by molar-refractivity contribution is 7.47. The molecule has 0 aliphatic rings. The molecular weight excluding hydrogens is 972 g/mol. The van der Waals surface area contributed by atoms with Crippen LogP contribution in [0.2, 0.25) is 0 Å². The van der Waals surface area contributed by atoms with E-state index in [1.165, 1.54) is 218 Å². The minimum Gasteiger partial charge on any atom is -0.391 e. The number of quaternary nitrogens is 1. The Labute approximate surface area is 479 Å². The lowest BCUT2D eigenvalue weighted by atomic mass is 10.0. The molecule has 0 spiro atoms. The van der Waals surface area contributed by atoms with Crippen molar-refractivity contribution in [3.05, 3.63) is 60.8 Å². The topological polar surface area (TPSA) is 105 Å². The highest BCUT2D eigenvalue weighted by Gasteiger charge is 2.28. The maximum absolute atomic E-state index is 13.1. The molecule has 77 heavy (non-hydrogen) atoms. The van der Waals surface area contributed by atoms with Crippen LogP contribution in [-0.4, -0.2) is 73.4 Å². The summed E-state index contributed by atoms with van der Waals surface area (Å²) in [6, 6.07) is -0.762. The van der Waals surface area contributed by atoms with Crippen LogP contribution in [0.4, 0.5) is 0 Å². The number of aliphatic hydroxyl groups excluding tert-OH is 1. The maximum Gasteiger partial charge on any atom is 0.472 e. The minimum atomic E-state index is -4.33. The molecule has 3 atom stereocenters. The Morgan fingerprint density at radius 1 is 0.455 bits per heavy atom. The Balaban J connectivity index is 4.00.